The third-order valence-electron chi connectivity index (χ3n) is 1.43. The second-order valence-corrected chi connectivity index (χ2v) is 3.46. The van der Waals surface area contributed by atoms with Gasteiger partial charge in [0.05, 0.1) is 6.54 Å². The highest BCUT2D eigenvalue weighted by atomic mass is 32.1. The Morgan fingerprint density at radius 1 is 1.55 bits per heavy atom. The van der Waals surface area contributed by atoms with Crippen LogP contribution in [-0.4, -0.2) is 28.7 Å². The summed E-state index contributed by atoms with van der Waals surface area (Å²) in [7, 11) is 2.04. The molecule has 0 radical (unpaired) electrons. The molecule has 1 aromatic rings. The molecule has 5 heteroatoms. The average Bonchev–Trinajstić information content (AvgIpc) is 2.35. The minimum Gasteiger partial charge on any atom is -0.374 e. The Morgan fingerprint density at radius 3 is 2.73 bits per heavy atom. The highest BCUT2D eigenvalue weighted by molar-refractivity contribution is 7.15. The van der Waals surface area contributed by atoms with Crippen LogP contribution in [0.2, 0.25) is 0 Å². The fourth-order valence-corrected chi connectivity index (χ4v) is 1.36. The van der Waals surface area contributed by atoms with Crippen molar-refractivity contribution in [2.45, 2.75) is 13.5 Å². The highest BCUT2D eigenvalue weighted by Crippen LogP contribution is 2.11. The number of nitrogens with two attached hydrogens (primary N) is 1. The first kappa shape index (κ1) is 8.42. The molecule has 0 atom stereocenters. The summed E-state index contributed by atoms with van der Waals surface area (Å²) in [6, 6.07) is 0. The lowest BCUT2D eigenvalue weighted by Crippen LogP contribution is -2.16. The molecule has 62 valence electrons. The number of hydrogen-bond acceptors (Lipinski definition) is 5. The van der Waals surface area contributed by atoms with Gasteiger partial charge in [-0.25, -0.2) is 0 Å². The summed E-state index contributed by atoms with van der Waals surface area (Å²) in [6.07, 6.45) is 0. The minimum absolute atomic E-state index is 0.546. The Kier molecular flexibility index (Phi) is 2.78. The lowest BCUT2D eigenvalue weighted by molar-refractivity contribution is 0.344. The van der Waals surface area contributed by atoms with Crippen molar-refractivity contribution in [3.05, 3.63) is 5.01 Å². The summed E-state index contributed by atoms with van der Waals surface area (Å²) in [6.45, 7) is 3.95. The van der Waals surface area contributed by atoms with Crippen LogP contribution in [0.25, 0.3) is 0 Å². The summed E-state index contributed by atoms with van der Waals surface area (Å²) < 4.78 is 0. The fraction of sp³-hybridized carbons (Fsp3) is 0.667. The Balaban J connectivity index is 2.50. The van der Waals surface area contributed by atoms with E-state index in [0.717, 1.165) is 18.1 Å². The van der Waals surface area contributed by atoms with Crippen molar-refractivity contribution in [3.8, 4) is 0 Å². The molecule has 0 aliphatic carbocycles. The van der Waals surface area contributed by atoms with E-state index in [1.54, 1.807) is 0 Å². The maximum absolute atomic E-state index is 5.42. The van der Waals surface area contributed by atoms with Gasteiger partial charge in [0.2, 0.25) is 5.13 Å². The Morgan fingerprint density at radius 2 is 2.27 bits per heavy atom. The van der Waals surface area contributed by atoms with Crippen LogP contribution in [0, 0.1) is 0 Å². The van der Waals surface area contributed by atoms with E-state index in [1.807, 2.05) is 7.05 Å². The van der Waals surface area contributed by atoms with E-state index in [2.05, 4.69) is 22.0 Å². The first-order valence-electron chi connectivity index (χ1n) is 3.48. The molecule has 0 fully saturated rings. The minimum atomic E-state index is 0.546. The first-order chi connectivity index (χ1) is 5.22. The molecular formula is C6H12N4S. The van der Waals surface area contributed by atoms with Gasteiger partial charge in [0, 0.05) is 0 Å². The first-order valence-corrected chi connectivity index (χ1v) is 4.30. The molecule has 0 aromatic carbocycles. The van der Waals surface area contributed by atoms with Crippen LogP contribution in [0.3, 0.4) is 0 Å². The monoisotopic (exact) mass is 172 g/mol. The number of nitrogens with zero attached hydrogens (tertiary/aromatic N) is 3. The molecule has 11 heavy (non-hydrogen) atoms. The molecule has 0 amide bonds. The molecule has 0 bridgehead atoms. The molecule has 0 unspecified atom stereocenters. The zero-order valence-corrected chi connectivity index (χ0v) is 7.56. The molecular weight excluding hydrogens is 160 g/mol. The molecule has 1 aromatic heterocycles. The lowest BCUT2D eigenvalue weighted by atomic mass is 10.5. The van der Waals surface area contributed by atoms with E-state index in [0.29, 0.717) is 5.13 Å². The third kappa shape index (κ3) is 2.44. The van der Waals surface area contributed by atoms with E-state index >= 15 is 0 Å². The van der Waals surface area contributed by atoms with E-state index in [9.17, 15) is 0 Å². The van der Waals surface area contributed by atoms with E-state index in [1.165, 1.54) is 11.3 Å². The molecule has 4 nitrogen and oxygen atoms in total. The van der Waals surface area contributed by atoms with Crippen molar-refractivity contribution in [3.63, 3.8) is 0 Å². The van der Waals surface area contributed by atoms with Crippen molar-refractivity contribution in [1.29, 1.82) is 0 Å². The van der Waals surface area contributed by atoms with Crippen LogP contribution in [0.15, 0.2) is 0 Å². The summed E-state index contributed by atoms with van der Waals surface area (Å²) in [5, 5.41) is 9.15. The Bertz CT molecular complexity index is 222. The number of nitrogen functional groups attached to an aromatic ring is 1. The van der Waals surface area contributed by atoms with Gasteiger partial charge in [-0.1, -0.05) is 18.3 Å². The van der Waals surface area contributed by atoms with E-state index < -0.39 is 0 Å². The van der Waals surface area contributed by atoms with Crippen molar-refractivity contribution in [2.75, 3.05) is 19.3 Å². The second-order valence-electron chi connectivity index (χ2n) is 2.36. The molecule has 0 spiro atoms. The third-order valence-corrected chi connectivity index (χ3v) is 2.16. The number of rotatable bonds is 3. The topological polar surface area (TPSA) is 55.0 Å². The van der Waals surface area contributed by atoms with Crippen molar-refractivity contribution in [1.82, 2.24) is 15.1 Å². The van der Waals surface area contributed by atoms with Crippen LogP contribution in [-0.2, 0) is 6.54 Å². The quantitative estimate of drug-likeness (QED) is 0.724. The van der Waals surface area contributed by atoms with Gasteiger partial charge in [0.1, 0.15) is 5.01 Å². The zero-order chi connectivity index (χ0) is 8.27. The van der Waals surface area contributed by atoms with Crippen LogP contribution >= 0.6 is 11.3 Å². The average molecular weight is 172 g/mol. The normalized spacial score (nSPS) is 10.8. The molecule has 2 N–H and O–H groups in total. The van der Waals surface area contributed by atoms with Crippen molar-refractivity contribution >= 4 is 16.5 Å². The molecule has 1 rings (SSSR count). The predicted molar refractivity (Wildman–Crippen MR) is 46.3 cm³/mol. The maximum atomic E-state index is 5.42. The van der Waals surface area contributed by atoms with Crippen LogP contribution in [0.1, 0.15) is 11.9 Å². The van der Waals surface area contributed by atoms with E-state index in [-0.39, 0.29) is 0 Å². The molecule has 0 aliphatic rings. The summed E-state index contributed by atoms with van der Waals surface area (Å²) in [4.78, 5) is 2.15. The summed E-state index contributed by atoms with van der Waals surface area (Å²) in [5.41, 5.74) is 5.42. The van der Waals surface area contributed by atoms with Crippen molar-refractivity contribution in [2.24, 2.45) is 0 Å². The van der Waals surface area contributed by atoms with Crippen molar-refractivity contribution < 1.29 is 0 Å². The van der Waals surface area contributed by atoms with Gasteiger partial charge in [0.15, 0.2) is 0 Å². The van der Waals surface area contributed by atoms with Gasteiger partial charge >= 0.3 is 0 Å². The smallest absolute Gasteiger partial charge is 0.203 e. The number of anilines is 1. The largest absolute Gasteiger partial charge is 0.374 e. The maximum Gasteiger partial charge on any atom is 0.203 e. The molecule has 0 saturated heterocycles. The van der Waals surface area contributed by atoms with Gasteiger partial charge in [-0.2, -0.15) is 0 Å². The highest BCUT2D eigenvalue weighted by Gasteiger charge is 2.02. The van der Waals surface area contributed by atoms with Gasteiger partial charge in [-0.15, -0.1) is 10.2 Å². The fourth-order valence-electron chi connectivity index (χ4n) is 0.673. The lowest BCUT2D eigenvalue weighted by Gasteiger charge is -2.09. The predicted octanol–water partition coefficient (Wildman–Crippen LogP) is 0.572. The van der Waals surface area contributed by atoms with Gasteiger partial charge in [-0.05, 0) is 13.6 Å². The van der Waals surface area contributed by atoms with Gasteiger partial charge in [0.25, 0.3) is 0 Å². The zero-order valence-electron chi connectivity index (χ0n) is 6.74. The number of aromatic nitrogens is 2. The SMILES string of the molecule is CCN(C)Cc1nnc(N)s1. The van der Waals surface area contributed by atoms with Crippen LogP contribution in [0.5, 0.6) is 0 Å². The van der Waals surface area contributed by atoms with E-state index in [4.69, 9.17) is 5.73 Å². The number of hydrogen-bond donors (Lipinski definition) is 1. The van der Waals surface area contributed by atoms with Crippen LogP contribution in [0.4, 0.5) is 5.13 Å². The Labute approximate surface area is 70.0 Å². The molecule has 0 aliphatic heterocycles. The standard InChI is InChI=1S/C6H12N4S/c1-3-10(2)4-5-8-9-6(7)11-5/h3-4H2,1-2H3,(H2,7,9). The summed E-state index contributed by atoms with van der Waals surface area (Å²) >= 11 is 1.45. The Hall–Kier alpha value is -0.680. The van der Waals surface area contributed by atoms with Crippen LogP contribution < -0.4 is 5.73 Å². The second kappa shape index (κ2) is 3.64. The molecule has 0 saturated carbocycles. The van der Waals surface area contributed by atoms with Gasteiger partial charge in [-0.3, -0.25) is 4.90 Å². The summed E-state index contributed by atoms with van der Waals surface area (Å²) in [5.74, 6) is 0. The van der Waals surface area contributed by atoms with Gasteiger partial charge < -0.3 is 5.73 Å². The molecule has 1 heterocycles.